The van der Waals surface area contributed by atoms with Crippen LogP contribution in [0.4, 0.5) is 0 Å². The zero-order chi connectivity index (χ0) is 48.8. The molecule has 4 nitrogen and oxygen atoms in total. The number of hydrogen-bond acceptors (Lipinski definition) is 2. The summed E-state index contributed by atoms with van der Waals surface area (Å²) in [6.07, 6.45) is 13.0. The Kier molecular flexibility index (Phi) is 10.7. The number of ether oxygens (including phenoxy) is 2. The minimum Gasteiger partial charge on any atom is -0.458 e. The van der Waals surface area contributed by atoms with E-state index in [1.165, 1.54) is 92.8 Å². The van der Waals surface area contributed by atoms with Crippen LogP contribution >= 0.6 is 0 Å². The quantitative estimate of drug-likeness (QED) is 0.128. The van der Waals surface area contributed by atoms with Gasteiger partial charge in [0.15, 0.2) is 0 Å². The molecule has 1 atom stereocenters. The smallest absolute Gasteiger partial charge is 0.260 e. The van der Waals surface area contributed by atoms with Gasteiger partial charge in [-0.25, -0.2) is 0 Å². The van der Waals surface area contributed by atoms with Crippen LogP contribution < -0.4 is 25.9 Å². The number of unbranched alkanes of at least 4 members (excludes halogenated alkanes) is 2. The Labute approximate surface area is 424 Å². The van der Waals surface area contributed by atoms with Gasteiger partial charge in [-0.15, -0.1) is 0 Å². The highest BCUT2D eigenvalue weighted by Gasteiger charge is 2.43. The molecule has 0 bridgehead atoms. The summed E-state index contributed by atoms with van der Waals surface area (Å²) in [5.74, 6) is 3.99. The van der Waals surface area contributed by atoms with Crippen LogP contribution in [0.3, 0.4) is 0 Å². The van der Waals surface area contributed by atoms with E-state index in [1.54, 1.807) is 0 Å². The average Bonchev–Trinajstić information content (AvgIpc) is 3.90. The van der Waals surface area contributed by atoms with Crippen molar-refractivity contribution in [3.8, 4) is 56.6 Å². The number of aromatic nitrogens is 2. The van der Waals surface area contributed by atoms with E-state index in [4.69, 9.17) is 9.47 Å². The zero-order valence-corrected chi connectivity index (χ0v) is 42.5. The number of fused-ring (bicyclic) bond motifs is 10. The summed E-state index contributed by atoms with van der Waals surface area (Å²) in [6, 6.07) is 58.8. The van der Waals surface area contributed by atoms with Crippen molar-refractivity contribution >= 4 is 61.9 Å². The first-order valence-electron chi connectivity index (χ1n) is 26.5. The molecular weight excluding hydrogens is 876 g/mol. The molecule has 0 N–H and O–H groups in total. The summed E-state index contributed by atoms with van der Waals surface area (Å²) in [6.45, 7) is 13.6. The zero-order valence-electron chi connectivity index (χ0n) is 42.5. The molecular formula is C67H61BN2O2. The molecule has 0 saturated carbocycles. The van der Waals surface area contributed by atoms with Gasteiger partial charge >= 0.3 is 0 Å². The summed E-state index contributed by atoms with van der Waals surface area (Å²) in [4.78, 5) is 0. The standard InChI is InChI=1S/C67H61BN2O2/c1-7-9-17-43-24-32-59-53(36-43)52-35-42(3)23-31-58(52)69(59)48-27-29-56-62(39-48)71-65-50(45-19-13-11-14-20-45)41-51(46-21-15-12-16-22-46)66-64(65)68(56)57-30-28-49(40-63(57)72-66)70-60-33-25-44(18-10-8-2)37-54(60)55-38-47(67(4,5)6)26-34-61(55)70/h11-16,19-35,37-41,43H,7-10,17-18,36H2,1-6H3. The second-order valence-electron chi connectivity index (χ2n) is 21.8. The first-order valence-corrected chi connectivity index (χ1v) is 26.5. The van der Waals surface area contributed by atoms with Gasteiger partial charge in [0.05, 0.1) is 16.6 Å². The number of rotatable bonds is 10. The Hall–Kier alpha value is -7.50. The molecule has 72 heavy (non-hydrogen) atoms. The van der Waals surface area contributed by atoms with Crippen LogP contribution in [0, 0.1) is 12.8 Å². The van der Waals surface area contributed by atoms with E-state index in [0.717, 1.165) is 85.9 Å². The Morgan fingerprint density at radius 2 is 1.18 bits per heavy atom. The van der Waals surface area contributed by atoms with E-state index >= 15 is 0 Å². The molecule has 0 radical (unpaired) electrons. The fraction of sp³-hybridized carbons (Fsp3) is 0.224. The van der Waals surface area contributed by atoms with E-state index in [-0.39, 0.29) is 12.1 Å². The Morgan fingerprint density at radius 1 is 0.583 bits per heavy atom. The summed E-state index contributed by atoms with van der Waals surface area (Å²) in [5.41, 5.74) is 20.3. The minimum atomic E-state index is -0.150. The summed E-state index contributed by atoms with van der Waals surface area (Å²) < 4.78 is 19.8. The maximum Gasteiger partial charge on any atom is 0.260 e. The maximum absolute atomic E-state index is 7.44. The fourth-order valence-corrected chi connectivity index (χ4v) is 12.2. The van der Waals surface area contributed by atoms with Crippen LogP contribution in [0.5, 0.6) is 23.0 Å². The van der Waals surface area contributed by atoms with Crippen molar-refractivity contribution in [2.24, 2.45) is 5.92 Å². The lowest BCUT2D eigenvalue weighted by Crippen LogP contribution is -2.57. The van der Waals surface area contributed by atoms with Crippen molar-refractivity contribution in [1.29, 1.82) is 0 Å². The second kappa shape index (κ2) is 17.4. The molecule has 10 aromatic rings. The van der Waals surface area contributed by atoms with E-state index in [1.807, 2.05) is 0 Å². The van der Waals surface area contributed by atoms with E-state index in [2.05, 4.69) is 221 Å². The van der Waals surface area contributed by atoms with Gasteiger partial charge in [0.25, 0.3) is 6.71 Å². The van der Waals surface area contributed by atoms with Crippen molar-refractivity contribution in [3.05, 3.63) is 192 Å². The van der Waals surface area contributed by atoms with Crippen molar-refractivity contribution in [2.45, 2.75) is 91.9 Å². The number of hydrogen-bond donors (Lipinski definition) is 0. The van der Waals surface area contributed by atoms with Crippen molar-refractivity contribution < 1.29 is 9.47 Å². The highest BCUT2D eigenvalue weighted by Crippen LogP contribution is 2.48. The molecule has 354 valence electrons. The van der Waals surface area contributed by atoms with Crippen molar-refractivity contribution in [3.63, 3.8) is 0 Å². The van der Waals surface area contributed by atoms with Crippen LogP contribution in [0.1, 0.15) is 94.7 Å². The predicted octanol–water partition coefficient (Wildman–Crippen LogP) is 16.1. The van der Waals surface area contributed by atoms with Gasteiger partial charge in [-0.2, -0.15) is 0 Å². The molecule has 0 fully saturated rings. The molecule has 5 heteroatoms. The third kappa shape index (κ3) is 7.26. The average molecular weight is 937 g/mol. The van der Waals surface area contributed by atoms with Gasteiger partial charge in [0.1, 0.15) is 23.0 Å². The van der Waals surface area contributed by atoms with Crippen LogP contribution in [-0.4, -0.2) is 15.8 Å². The molecule has 2 aliphatic heterocycles. The predicted molar refractivity (Wildman–Crippen MR) is 304 cm³/mol. The minimum absolute atomic E-state index is 0.0225. The monoisotopic (exact) mass is 936 g/mol. The van der Waals surface area contributed by atoms with E-state index < -0.39 is 0 Å². The van der Waals surface area contributed by atoms with E-state index in [0.29, 0.717) is 5.92 Å². The van der Waals surface area contributed by atoms with Gasteiger partial charge in [0, 0.05) is 61.9 Å². The summed E-state index contributed by atoms with van der Waals surface area (Å²) >= 11 is 0. The van der Waals surface area contributed by atoms with Crippen molar-refractivity contribution in [2.75, 3.05) is 0 Å². The summed E-state index contributed by atoms with van der Waals surface area (Å²) in [5, 5.41) is 3.94. The van der Waals surface area contributed by atoms with Crippen LogP contribution in [0.15, 0.2) is 164 Å². The highest BCUT2D eigenvalue weighted by molar-refractivity contribution is 6.98. The van der Waals surface area contributed by atoms with Crippen LogP contribution in [0.25, 0.3) is 72.4 Å². The molecule has 0 amide bonds. The maximum atomic E-state index is 7.44. The Bertz CT molecular complexity index is 3810. The molecule has 8 aromatic carbocycles. The third-order valence-corrected chi connectivity index (χ3v) is 16.0. The van der Waals surface area contributed by atoms with Gasteiger partial charge in [0.2, 0.25) is 0 Å². The number of benzene rings is 8. The topological polar surface area (TPSA) is 28.3 Å². The number of nitrogens with zero attached hydrogens (tertiary/aromatic N) is 2. The first kappa shape index (κ1) is 44.4. The normalized spacial score (nSPS) is 14.5. The Morgan fingerprint density at radius 3 is 1.82 bits per heavy atom. The van der Waals surface area contributed by atoms with E-state index in [9.17, 15) is 0 Å². The molecule has 4 heterocycles. The second-order valence-corrected chi connectivity index (χ2v) is 21.8. The summed E-state index contributed by atoms with van der Waals surface area (Å²) in [7, 11) is 0. The van der Waals surface area contributed by atoms with Crippen LogP contribution in [-0.2, 0) is 18.3 Å². The van der Waals surface area contributed by atoms with Crippen LogP contribution in [0.2, 0.25) is 0 Å². The molecule has 1 aliphatic carbocycles. The van der Waals surface area contributed by atoms with Gasteiger partial charge in [-0.05, 0) is 143 Å². The molecule has 1 unspecified atom stereocenters. The van der Waals surface area contributed by atoms with Gasteiger partial charge in [-0.1, -0.05) is 157 Å². The lowest BCUT2D eigenvalue weighted by molar-refractivity contribution is 0.466. The molecule has 13 rings (SSSR count). The van der Waals surface area contributed by atoms with Gasteiger partial charge in [-0.3, -0.25) is 0 Å². The fourth-order valence-electron chi connectivity index (χ4n) is 12.2. The third-order valence-electron chi connectivity index (χ3n) is 16.0. The SMILES string of the molecule is CCCCc1ccc2c(c1)c1cc(C(C)(C)C)ccc1n2-c1ccc2c(c1)Oc1c(-c3ccccc3)cc(-c3ccccc3)c3c1B2c1ccc(-n2c4c(c5cc(C)ccc52)CC(CCCC)C=C4)cc1O3. The number of aryl methyl sites for hydroxylation is 2. The highest BCUT2D eigenvalue weighted by atomic mass is 16.5. The van der Waals surface area contributed by atoms with Crippen molar-refractivity contribution in [1.82, 2.24) is 9.13 Å². The first-order chi connectivity index (χ1) is 35.1. The molecule has 0 spiro atoms. The molecule has 3 aliphatic rings. The molecule has 0 saturated heterocycles. The number of allylic oxidation sites excluding steroid dienone is 1. The largest absolute Gasteiger partial charge is 0.458 e. The molecule has 2 aromatic heterocycles. The lowest BCUT2D eigenvalue weighted by atomic mass is 9.34. The lowest BCUT2D eigenvalue weighted by Gasteiger charge is -2.36. The van der Waals surface area contributed by atoms with Gasteiger partial charge < -0.3 is 18.6 Å². The Balaban J connectivity index is 1.03.